The highest BCUT2D eigenvalue weighted by molar-refractivity contribution is 5.33. The number of nitrogens with two attached hydrogens (primary N) is 1. The van der Waals surface area contributed by atoms with Gasteiger partial charge in [0.2, 0.25) is 6.33 Å². The summed E-state index contributed by atoms with van der Waals surface area (Å²) in [4.78, 5) is 13.8. The Balaban J connectivity index is 2.14. The first kappa shape index (κ1) is 10.9. The molecule has 1 aromatic rings. The zero-order chi connectivity index (χ0) is 11.7. The summed E-state index contributed by atoms with van der Waals surface area (Å²) >= 11 is 0. The second-order valence-electron chi connectivity index (χ2n) is 4.05. The molecular formula is C9H14N4O3. The molecule has 1 fully saturated rings. The molecule has 1 heterocycles. The van der Waals surface area contributed by atoms with Gasteiger partial charge in [0, 0.05) is 13.1 Å². The van der Waals surface area contributed by atoms with Crippen molar-refractivity contribution in [3.8, 4) is 5.88 Å². The van der Waals surface area contributed by atoms with E-state index in [-0.39, 0.29) is 23.8 Å². The summed E-state index contributed by atoms with van der Waals surface area (Å²) in [6, 6.07) is 0.136. The molecule has 0 saturated heterocycles. The minimum atomic E-state index is -0.537. The summed E-state index contributed by atoms with van der Waals surface area (Å²) in [5.41, 5.74) is 5.75. The van der Waals surface area contributed by atoms with Crippen molar-refractivity contribution in [3.63, 3.8) is 0 Å². The van der Waals surface area contributed by atoms with Gasteiger partial charge in [0.25, 0.3) is 5.88 Å². The van der Waals surface area contributed by atoms with Crippen LogP contribution >= 0.6 is 0 Å². The summed E-state index contributed by atoms with van der Waals surface area (Å²) in [6.07, 6.45) is 3.81. The average molecular weight is 226 g/mol. The second kappa shape index (κ2) is 4.09. The van der Waals surface area contributed by atoms with Gasteiger partial charge in [-0.15, -0.1) is 0 Å². The van der Waals surface area contributed by atoms with Gasteiger partial charge in [-0.05, 0) is 29.2 Å². The van der Waals surface area contributed by atoms with Gasteiger partial charge in [-0.2, -0.15) is 0 Å². The van der Waals surface area contributed by atoms with E-state index < -0.39 is 4.92 Å². The van der Waals surface area contributed by atoms with Gasteiger partial charge < -0.3 is 20.6 Å². The summed E-state index contributed by atoms with van der Waals surface area (Å²) in [6.45, 7) is 0. The number of imidazole rings is 1. The Morgan fingerprint density at radius 2 is 2.44 bits per heavy atom. The zero-order valence-electron chi connectivity index (χ0n) is 9.00. The van der Waals surface area contributed by atoms with E-state index in [1.165, 1.54) is 10.9 Å². The third-order valence-electron chi connectivity index (χ3n) is 2.74. The Bertz CT molecular complexity index is 403. The van der Waals surface area contributed by atoms with Gasteiger partial charge in [-0.25, -0.2) is 0 Å². The molecule has 0 aromatic carbocycles. The molecule has 1 aromatic heterocycles. The molecule has 2 rings (SSSR count). The average Bonchev–Trinajstić information content (AvgIpc) is 2.76. The van der Waals surface area contributed by atoms with Crippen molar-refractivity contribution in [2.45, 2.75) is 31.4 Å². The normalized spacial score (nSPS) is 24.6. The summed E-state index contributed by atoms with van der Waals surface area (Å²) in [7, 11) is 1.67. The summed E-state index contributed by atoms with van der Waals surface area (Å²) in [5, 5.41) is 10.7. The molecule has 0 amide bonds. The van der Waals surface area contributed by atoms with Crippen LogP contribution in [0.3, 0.4) is 0 Å². The quantitative estimate of drug-likeness (QED) is 0.601. The fourth-order valence-electron chi connectivity index (χ4n) is 1.91. The standard InChI is InChI=1S/C9H14N4O3/c1-12-5-11-8(13(14)15)9(12)16-7-3-2-6(10)4-7/h5-7H,2-4,10H2,1H3. The number of hydrogen-bond acceptors (Lipinski definition) is 5. The molecule has 0 radical (unpaired) electrons. The van der Waals surface area contributed by atoms with Crippen molar-refractivity contribution in [2.24, 2.45) is 12.8 Å². The molecule has 2 atom stereocenters. The number of aryl methyl sites for hydroxylation is 1. The van der Waals surface area contributed by atoms with Crippen molar-refractivity contribution in [3.05, 3.63) is 16.4 Å². The molecule has 0 bridgehead atoms. The van der Waals surface area contributed by atoms with Crippen LogP contribution in [0.1, 0.15) is 19.3 Å². The predicted molar refractivity (Wildman–Crippen MR) is 56.1 cm³/mol. The molecule has 88 valence electrons. The van der Waals surface area contributed by atoms with Crippen molar-refractivity contribution >= 4 is 5.82 Å². The molecule has 1 aliphatic carbocycles. The van der Waals surface area contributed by atoms with Crippen LogP contribution in [0.25, 0.3) is 0 Å². The first-order chi connectivity index (χ1) is 7.58. The number of aromatic nitrogens is 2. The summed E-state index contributed by atoms with van der Waals surface area (Å²) < 4.78 is 7.10. The first-order valence-corrected chi connectivity index (χ1v) is 5.16. The van der Waals surface area contributed by atoms with Crippen molar-refractivity contribution in [1.82, 2.24) is 9.55 Å². The molecule has 7 heteroatoms. The molecular weight excluding hydrogens is 212 g/mol. The second-order valence-corrected chi connectivity index (χ2v) is 4.05. The van der Waals surface area contributed by atoms with E-state index >= 15 is 0 Å². The Morgan fingerprint density at radius 1 is 1.69 bits per heavy atom. The maximum absolute atomic E-state index is 10.7. The van der Waals surface area contributed by atoms with Gasteiger partial charge in [0.1, 0.15) is 6.10 Å². The lowest BCUT2D eigenvalue weighted by Gasteiger charge is -2.12. The van der Waals surface area contributed by atoms with Crippen molar-refractivity contribution < 1.29 is 9.66 Å². The van der Waals surface area contributed by atoms with Crippen LogP contribution in [-0.4, -0.2) is 26.6 Å². The van der Waals surface area contributed by atoms with Gasteiger partial charge in [0.15, 0.2) is 0 Å². The SMILES string of the molecule is Cn1cnc([N+](=O)[O-])c1OC1CCC(N)C1. The highest BCUT2D eigenvalue weighted by Gasteiger charge is 2.29. The van der Waals surface area contributed by atoms with Crippen LogP contribution in [0.4, 0.5) is 5.82 Å². The Labute approximate surface area is 92.4 Å². The van der Waals surface area contributed by atoms with E-state index in [9.17, 15) is 10.1 Å². The summed E-state index contributed by atoms with van der Waals surface area (Å²) in [5.74, 6) is -0.0212. The molecule has 1 saturated carbocycles. The molecule has 0 aliphatic heterocycles. The van der Waals surface area contributed by atoms with Crippen LogP contribution < -0.4 is 10.5 Å². The van der Waals surface area contributed by atoms with Gasteiger partial charge in [-0.1, -0.05) is 0 Å². The van der Waals surface area contributed by atoms with Crippen LogP contribution in [-0.2, 0) is 7.05 Å². The molecule has 16 heavy (non-hydrogen) atoms. The minimum absolute atomic E-state index is 0.0379. The van der Waals surface area contributed by atoms with Gasteiger partial charge in [0.05, 0.1) is 0 Å². The van der Waals surface area contributed by atoms with Crippen molar-refractivity contribution in [2.75, 3.05) is 0 Å². The molecule has 1 aliphatic rings. The van der Waals surface area contributed by atoms with Crippen LogP contribution in [0.15, 0.2) is 6.33 Å². The van der Waals surface area contributed by atoms with E-state index in [1.54, 1.807) is 7.05 Å². The zero-order valence-corrected chi connectivity index (χ0v) is 9.00. The number of rotatable bonds is 3. The molecule has 2 unspecified atom stereocenters. The largest absolute Gasteiger partial charge is 0.469 e. The Kier molecular flexibility index (Phi) is 2.78. The lowest BCUT2D eigenvalue weighted by molar-refractivity contribution is -0.390. The Hall–Kier alpha value is -1.63. The smallest absolute Gasteiger partial charge is 0.426 e. The van der Waals surface area contributed by atoms with E-state index in [0.29, 0.717) is 0 Å². The van der Waals surface area contributed by atoms with Gasteiger partial charge >= 0.3 is 5.82 Å². The lowest BCUT2D eigenvalue weighted by atomic mass is 10.3. The minimum Gasteiger partial charge on any atom is -0.469 e. The first-order valence-electron chi connectivity index (χ1n) is 5.16. The van der Waals surface area contributed by atoms with Crippen molar-refractivity contribution in [1.29, 1.82) is 0 Å². The Morgan fingerprint density at radius 3 is 3.00 bits per heavy atom. The fourth-order valence-corrected chi connectivity index (χ4v) is 1.91. The topological polar surface area (TPSA) is 96.2 Å². The fraction of sp³-hybridized carbons (Fsp3) is 0.667. The van der Waals surface area contributed by atoms with Crippen LogP contribution in [0, 0.1) is 10.1 Å². The van der Waals surface area contributed by atoms with E-state index in [0.717, 1.165) is 19.3 Å². The molecule has 2 N–H and O–H groups in total. The number of ether oxygens (including phenoxy) is 1. The maximum Gasteiger partial charge on any atom is 0.426 e. The maximum atomic E-state index is 10.7. The molecule has 7 nitrogen and oxygen atoms in total. The van der Waals surface area contributed by atoms with E-state index in [1.807, 2.05) is 0 Å². The lowest BCUT2D eigenvalue weighted by Crippen LogP contribution is -2.20. The van der Waals surface area contributed by atoms with Crippen LogP contribution in [0.2, 0.25) is 0 Å². The monoisotopic (exact) mass is 226 g/mol. The third kappa shape index (κ3) is 1.99. The third-order valence-corrected chi connectivity index (χ3v) is 2.74. The number of hydrogen-bond donors (Lipinski definition) is 1. The van der Waals surface area contributed by atoms with E-state index in [4.69, 9.17) is 10.5 Å². The highest BCUT2D eigenvalue weighted by Crippen LogP contribution is 2.29. The predicted octanol–water partition coefficient (Wildman–Crippen LogP) is 0.587. The van der Waals surface area contributed by atoms with E-state index in [2.05, 4.69) is 4.98 Å². The molecule has 0 spiro atoms. The number of nitrogens with zero attached hydrogens (tertiary/aromatic N) is 3. The van der Waals surface area contributed by atoms with Crippen LogP contribution in [0.5, 0.6) is 5.88 Å². The van der Waals surface area contributed by atoms with Gasteiger partial charge in [-0.3, -0.25) is 4.57 Å². The number of nitro groups is 1. The highest BCUT2D eigenvalue weighted by atomic mass is 16.6.